The van der Waals surface area contributed by atoms with E-state index in [0.29, 0.717) is 24.6 Å². The van der Waals surface area contributed by atoms with Crippen LogP contribution in [0.2, 0.25) is 0 Å². The van der Waals surface area contributed by atoms with Crippen LogP contribution in [0.1, 0.15) is 23.6 Å². The molecule has 2 saturated heterocycles. The number of carbonyl (C=O) groups is 3. The molecule has 4 amide bonds. The summed E-state index contributed by atoms with van der Waals surface area (Å²) in [6.45, 7) is 2.51. The zero-order chi connectivity index (χ0) is 25.2. The Morgan fingerprint density at radius 2 is 1.72 bits per heavy atom. The average Bonchev–Trinajstić information content (AvgIpc) is 3.34. The predicted molar refractivity (Wildman–Crippen MR) is 127 cm³/mol. The van der Waals surface area contributed by atoms with Crippen LogP contribution >= 0.6 is 0 Å². The van der Waals surface area contributed by atoms with Crippen LogP contribution in [0.5, 0.6) is 11.5 Å². The molecule has 1 N–H and O–H groups in total. The first-order valence-corrected chi connectivity index (χ1v) is 12.3. The van der Waals surface area contributed by atoms with Crippen molar-refractivity contribution in [3.63, 3.8) is 0 Å². The van der Waals surface area contributed by atoms with Crippen molar-refractivity contribution >= 4 is 17.8 Å². The van der Waals surface area contributed by atoms with E-state index in [-0.39, 0.29) is 37.2 Å². The van der Waals surface area contributed by atoms with Crippen molar-refractivity contribution in [3.8, 4) is 11.5 Å². The number of imide groups is 2. The molecule has 0 radical (unpaired) electrons. The number of pyridine rings is 1. The van der Waals surface area contributed by atoms with Gasteiger partial charge in [-0.1, -0.05) is 12.1 Å². The van der Waals surface area contributed by atoms with Gasteiger partial charge in [0.25, 0.3) is 17.4 Å². The first-order valence-electron chi connectivity index (χ1n) is 12.3. The third kappa shape index (κ3) is 3.42. The Hall–Kier alpha value is -3.66. The van der Waals surface area contributed by atoms with E-state index in [9.17, 15) is 19.2 Å². The topological polar surface area (TPSA) is 103 Å². The number of urea groups is 1. The second-order valence-electron chi connectivity index (χ2n) is 10.5. The van der Waals surface area contributed by atoms with E-state index in [1.54, 1.807) is 18.2 Å². The zero-order valence-electron chi connectivity index (χ0n) is 20.4. The molecule has 5 heterocycles. The van der Waals surface area contributed by atoms with Crippen LogP contribution in [0.4, 0.5) is 4.79 Å². The van der Waals surface area contributed by atoms with Crippen LogP contribution < -0.4 is 19.9 Å². The number of piperidine rings is 1. The molecule has 0 spiro atoms. The molecule has 10 nitrogen and oxygen atoms in total. The van der Waals surface area contributed by atoms with E-state index >= 15 is 0 Å². The lowest BCUT2D eigenvalue weighted by molar-refractivity contribution is -0.915. The summed E-state index contributed by atoms with van der Waals surface area (Å²) in [6.07, 6.45) is 1.14. The van der Waals surface area contributed by atoms with Crippen molar-refractivity contribution in [1.29, 1.82) is 0 Å². The van der Waals surface area contributed by atoms with E-state index < -0.39 is 23.3 Å². The Balaban J connectivity index is 1.35. The number of hydrogen-bond acceptors (Lipinski definition) is 6. The van der Waals surface area contributed by atoms with E-state index in [2.05, 4.69) is 0 Å². The first-order chi connectivity index (χ1) is 17.3. The lowest BCUT2D eigenvalue weighted by atomic mass is 9.75. The molecule has 1 aromatic heterocycles. The van der Waals surface area contributed by atoms with Gasteiger partial charge >= 0.3 is 6.03 Å². The van der Waals surface area contributed by atoms with E-state index in [0.717, 1.165) is 38.9 Å². The van der Waals surface area contributed by atoms with Gasteiger partial charge in [0.15, 0.2) is 16.9 Å². The summed E-state index contributed by atoms with van der Waals surface area (Å²) < 4.78 is 12.8. The van der Waals surface area contributed by atoms with Gasteiger partial charge in [0, 0.05) is 50.7 Å². The molecule has 2 bridgehead atoms. The number of nitrogens with zero attached hydrogens (tertiary/aromatic N) is 3. The molecule has 188 valence electrons. The van der Waals surface area contributed by atoms with Crippen LogP contribution in [-0.2, 0) is 22.6 Å². The van der Waals surface area contributed by atoms with Gasteiger partial charge < -0.3 is 18.9 Å². The highest BCUT2D eigenvalue weighted by molar-refractivity contribution is 6.19. The maximum absolute atomic E-state index is 13.8. The molecule has 1 unspecified atom stereocenters. The number of benzene rings is 1. The second-order valence-corrected chi connectivity index (χ2v) is 10.5. The van der Waals surface area contributed by atoms with Crippen LogP contribution in [0, 0.1) is 11.3 Å². The highest BCUT2D eigenvalue weighted by Crippen LogP contribution is 2.37. The second kappa shape index (κ2) is 8.19. The highest BCUT2D eigenvalue weighted by Gasteiger charge is 2.58. The van der Waals surface area contributed by atoms with Gasteiger partial charge in [0.05, 0.1) is 13.1 Å². The monoisotopic (exact) mass is 493 g/mol. The number of aromatic nitrogens is 1. The molecule has 2 aromatic rings. The molecule has 1 aromatic carbocycles. The van der Waals surface area contributed by atoms with Crippen molar-refractivity contribution in [2.75, 3.05) is 40.5 Å². The quantitative estimate of drug-likeness (QED) is 0.595. The molecular formula is C26H29N4O6+. The number of nitrogens with one attached hydrogen (secondary N) is 1. The minimum Gasteiger partial charge on any atom is -0.454 e. The zero-order valence-corrected chi connectivity index (χ0v) is 20.4. The van der Waals surface area contributed by atoms with Crippen molar-refractivity contribution in [3.05, 3.63) is 58.0 Å². The van der Waals surface area contributed by atoms with Crippen molar-refractivity contribution < 1.29 is 28.8 Å². The fourth-order valence-corrected chi connectivity index (χ4v) is 6.59. The van der Waals surface area contributed by atoms with Gasteiger partial charge in [-0.15, -0.1) is 0 Å². The Morgan fingerprint density at radius 3 is 2.50 bits per heavy atom. The molecular weight excluding hydrogens is 464 g/mol. The summed E-state index contributed by atoms with van der Waals surface area (Å²) in [5, 5.41) is 0. The fraction of sp³-hybridized carbons (Fsp3) is 0.462. The summed E-state index contributed by atoms with van der Waals surface area (Å²) in [6, 6.07) is 10.2. The Kier molecular flexibility index (Phi) is 5.18. The summed E-state index contributed by atoms with van der Waals surface area (Å²) in [4.78, 5) is 55.8. The SMILES string of the molecule is CN1C(=O)N(C)C(=O)C(Cc2ccc3c(c2)OCO3)(C[NH+]2C[C@H]3C[C@H](C2)c2cccc(=O)n2C3)C1=O. The van der Waals surface area contributed by atoms with Gasteiger partial charge in [0.2, 0.25) is 6.79 Å². The highest BCUT2D eigenvalue weighted by atomic mass is 16.7. The van der Waals surface area contributed by atoms with Crippen molar-refractivity contribution in [1.82, 2.24) is 14.4 Å². The fourth-order valence-electron chi connectivity index (χ4n) is 6.59. The molecule has 4 aliphatic rings. The van der Waals surface area contributed by atoms with Crippen molar-refractivity contribution in [2.24, 2.45) is 11.3 Å². The number of rotatable bonds is 4. The third-order valence-corrected chi connectivity index (χ3v) is 8.17. The average molecular weight is 494 g/mol. The van der Waals surface area contributed by atoms with Crippen LogP contribution in [0.3, 0.4) is 0 Å². The minimum absolute atomic E-state index is 0.0179. The first kappa shape index (κ1) is 22.8. The summed E-state index contributed by atoms with van der Waals surface area (Å²) in [5.74, 6) is 0.705. The molecule has 4 aliphatic heterocycles. The number of ether oxygens (including phenoxy) is 2. The molecule has 3 atom stereocenters. The van der Waals surface area contributed by atoms with Gasteiger partial charge in [-0.3, -0.25) is 24.2 Å². The molecule has 0 saturated carbocycles. The molecule has 0 aliphatic carbocycles. The molecule has 6 rings (SSSR count). The number of amides is 4. The summed E-state index contributed by atoms with van der Waals surface area (Å²) in [5.41, 5.74) is 0.379. The van der Waals surface area contributed by atoms with Crippen LogP contribution in [-0.4, -0.2) is 72.7 Å². The summed E-state index contributed by atoms with van der Waals surface area (Å²) >= 11 is 0. The lowest BCUT2D eigenvalue weighted by Gasteiger charge is -2.46. The number of quaternary nitrogens is 1. The number of hydrogen-bond donors (Lipinski definition) is 1. The van der Waals surface area contributed by atoms with E-state index in [4.69, 9.17) is 9.47 Å². The Bertz CT molecular complexity index is 1310. The van der Waals surface area contributed by atoms with E-state index in [1.165, 1.54) is 14.1 Å². The molecule has 10 heteroatoms. The maximum Gasteiger partial charge on any atom is 0.332 e. The van der Waals surface area contributed by atoms with Gasteiger partial charge in [0.1, 0.15) is 6.54 Å². The van der Waals surface area contributed by atoms with Crippen LogP contribution in [0.25, 0.3) is 0 Å². The number of carbonyl (C=O) groups excluding carboxylic acids is 3. The van der Waals surface area contributed by atoms with Crippen molar-refractivity contribution in [2.45, 2.75) is 25.3 Å². The Morgan fingerprint density at radius 1 is 0.972 bits per heavy atom. The summed E-state index contributed by atoms with van der Waals surface area (Å²) in [7, 11) is 2.87. The molecule has 36 heavy (non-hydrogen) atoms. The number of barbiturate groups is 1. The molecule has 2 fully saturated rings. The normalized spacial score (nSPS) is 26.3. The largest absolute Gasteiger partial charge is 0.454 e. The standard InChI is InChI=1S/C26H28N4O6/c1-27-23(32)26(24(33)28(2)25(27)34,10-16-6-7-20-21(9-16)36-15-35-20)14-29-11-17-8-18(13-29)19-4-3-5-22(31)30(19)12-17/h3-7,9,17-18H,8,10-15H2,1-2H3/p+1/t17-,18-/m1/s1. The number of fused-ring (bicyclic) bond motifs is 5. The van der Waals surface area contributed by atoms with Gasteiger partial charge in [-0.25, -0.2) is 4.79 Å². The lowest BCUT2D eigenvalue weighted by Crippen LogP contribution is -3.16. The third-order valence-electron chi connectivity index (χ3n) is 8.17. The van der Waals surface area contributed by atoms with E-state index in [1.807, 2.05) is 22.8 Å². The maximum atomic E-state index is 13.8. The van der Waals surface area contributed by atoms with Crippen LogP contribution in [0.15, 0.2) is 41.2 Å². The minimum atomic E-state index is -1.43. The predicted octanol–water partition coefficient (Wildman–Crippen LogP) is -0.141. The van der Waals surface area contributed by atoms with Gasteiger partial charge in [-0.05, 0) is 30.2 Å². The Labute approximate surface area is 208 Å². The smallest absolute Gasteiger partial charge is 0.332 e. The number of likely N-dealkylation sites (tertiary alicyclic amines) is 1. The van der Waals surface area contributed by atoms with Gasteiger partial charge in [-0.2, -0.15) is 0 Å².